The highest BCUT2D eigenvalue weighted by molar-refractivity contribution is 6.18. The van der Waals surface area contributed by atoms with Crippen LogP contribution in [0.5, 0.6) is 0 Å². The Labute approximate surface area is 151 Å². The Morgan fingerprint density at radius 3 is 2.88 bits per heavy atom. The summed E-state index contributed by atoms with van der Waals surface area (Å²) in [6, 6.07) is 12.7. The standard InChI is InChI=1S/C21H18FN3O/c1-14(16-7-9-20(18(22)12-16)25-11-10-23-13-25)21(26)24-19-8-6-15-4-2-3-5-17(15)19/h2-5,7,9-13,19H,1,6,8H2,(H,24,26). The number of aromatic nitrogens is 2. The first-order valence-corrected chi connectivity index (χ1v) is 8.49. The lowest BCUT2D eigenvalue weighted by Crippen LogP contribution is -2.27. The van der Waals surface area contributed by atoms with Crippen molar-refractivity contribution in [1.29, 1.82) is 0 Å². The Morgan fingerprint density at radius 2 is 2.12 bits per heavy atom. The first-order valence-electron chi connectivity index (χ1n) is 8.49. The van der Waals surface area contributed by atoms with Gasteiger partial charge in [-0.1, -0.05) is 36.9 Å². The molecule has 1 heterocycles. The molecule has 4 nitrogen and oxygen atoms in total. The monoisotopic (exact) mass is 347 g/mol. The maximum Gasteiger partial charge on any atom is 0.251 e. The number of nitrogens with one attached hydrogen (secondary N) is 1. The summed E-state index contributed by atoms with van der Waals surface area (Å²) < 4.78 is 16.0. The van der Waals surface area contributed by atoms with Crippen molar-refractivity contribution in [2.75, 3.05) is 0 Å². The maximum absolute atomic E-state index is 14.4. The molecule has 1 aliphatic rings. The minimum absolute atomic E-state index is 0.0227. The van der Waals surface area contributed by atoms with Crippen LogP contribution in [-0.2, 0) is 11.2 Å². The number of nitrogens with zero attached hydrogens (tertiary/aromatic N) is 2. The first-order chi connectivity index (χ1) is 12.6. The lowest BCUT2D eigenvalue weighted by Gasteiger charge is -2.16. The van der Waals surface area contributed by atoms with Gasteiger partial charge in [-0.25, -0.2) is 9.37 Å². The fourth-order valence-corrected chi connectivity index (χ4v) is 3.39. The molecule has 1 atom stereocenters. The molecule has 4 rings (SSSR count). The zero-order chi connectivity index (χ0) is 18.1. The second kappa shape index (κ2) is 6.59. The molecule has 0 fully saturated rings. The van der Waals surface area contributed by atoms with Gasteiger partial charge in [-0.2, -0.15) is 0 Å². The Balaban J connectivity index is 1.51. The van der Waals surface area contributed by atoms with Crippen molar-refractivity contribution in [2.45, 2.75) is 18.9 Å². The van der Waals surface area contributed by atoms with Gasteiger partial charge >= 0.3 is 0 Å². The number of halogens is 1. The van der Waals surface area contributed by atoms with Crippen LogP contribution in [0.4, 0.5) is 4.39 Å². The topological polar surface area (TPSA) is 46.9 Å². The van der Waals surface area contributed by atoms with Crippen LogP contribution >= 0.6 is 0 Å². The molecule has 1 N–H and O–H groups in total. The van der Waals surface area contributed by atoms with E-state index in [1.54, 1.807) is 29.1 Å². The molecule has 0 spiro atoms. The molecule has 1 unspecified atom stereocenters. The zero-order valence-corrected chi connectivity index (χ0v) is 14.2. The number of amides is 1. The smallest absolute Gasteiger partial charge is 0.251 e. The summed E-state index contributed by atoms with van der Waals surface area (Å²) in [6.07, 6.45) is 6.58. The predicted octanol–water partition coefficient (Wildman–Crippen LogP) is 3.83. The second-order valence-electron chi connectivity index (χ2n) is 6.38. The number of benzene rings is 2. The number of fused-ring (bicyclic) bond motifs is 1. The molecule has 2 aromatic carbocycles. The summed E-state index contributed by atoms with van der Waals surface area (Å²) in [4.78, 5) is 16.5. The lowest BCUT2D eigenvalue weighted by molar-refractivity contribution is -0.116. The summed E-state index contributed by atoms with van der Waals surface area (Å²) in [5, 5.41) is 3.02. The molecule has 0 radical (unpaired) electrons. The third-order valence-electron chi connectivity index (χ3n) is 4.79. The van der Waals surface area contributed by atoms with Gasteiger partial charge in [0.25, 0.3) is 5.91 Å². The highest BCUT2D eigenvalue weighted by Gasteiger charge is 2.24. The third kappa shape index (κ3) is 2.92. The number of rotatable bonds is 4. The summed E-state index contributed by atoms with van der Waals surface area (Å²) >= 11 is 0. The van der Waals surface area contributed by atoms with Crippen LogP contribution in [0.1, 0.15) is 29.2 Å². The average molecular weight is 347 g/mol. The van der Waals surface area contributed by atoms with E-state index < -0.39 is 5.82 Å². The number of hydrogen-bond acceptors (Lipinski definition) is 2. The number of carbonyl (C=O) groups excluding carboxylic acids is 1. The normalized spacial score (nSPS) is 15.5. The molecule has 0 saturated heterocycles. The largest absolute Gasteiger partial charge is 0.345 e. The highest BCUT2D eigenvalue weighted by Crippen LogP contribution is 2.31. The Morgan fingerprint density at radius 1 is 1.27 bits per heavy atom. The quantitative estimate of drug-likeness (QED) is 0.729. The maximum atomic E-state index is 14.4. The van der Waals surface area contributed by atoms with E-state index in [0.29, 0.717) is 11.3 Å². The van der Waals surface area contributed by atoms with Crippen molar-refractivity contribution in [3.63, 3.8) is 0 Å². The van der Waals surface area contributed by atoms with Gasteiger partial charge in [0.05, 0.1) is 18.1 Å². The van der Waals surface area contributed by atoms with Crippen LogP contribution in [0, 0.1) is 5.82 Å². The van der Waals surface area contributed by atoms with Gasteiger partial charge < -0.3 is 9.88 Å². The molecule has 1 aliphatic carbocycles. The molecule has 130 valence electrons. The van der Waals surface area contributed by atoms with Gasteiger partial charge in [-0.05, 0) is 41.7 Å². The summed E-state index contributed by atoms with van der Waals surface area (Å²) in [6.45, 7) is 3.86. The second-order valence-corrected chi connectivity index (χ2v) is 6.38. The summed E-state index contributed by atoms with van der Waals surface area (Å²) in [7, 11) is 0. The van der Waals surface area contributed by atoms with Crippen molar-refractivity contribution >= 4 is 11.5 Å². The Kier molecular flexibility index (Phi) is 4.13. The van der Waals surface area contributed by atoms with Crippen LogP contribution in [0.2, 0.25) is 0 Å². The van der Waals surface area contributed by atoms with Crippen LogP contribution in [0.3, 0.4) is 0 Å². The Bertz CT molecular complexity index is 979. The molecular weight excluding hydrogens is 329 g/mol. The van der Waals surface area contributed by atoms with E-state index in [0.717, 1.165) is 18.4 Å². The number of hydrogen-bond donors (Lipinski definition) is 1. The minimum Gasteiger partial charge on any atom is -0.345 e. The molecule has 0 saturated carbocycles. The van der Waals surface area contributed by atoms with Crippen LogP contribution in [0.25, 0.3) is 11.3 Å². The van der Waals surface area contributed by atoms with E-state index in [1.807, 2.05) is 18.2 Å². The highest BCUT2D eigenvalue weighted by atomic mass is 19.1. The van der Waals surface area contributed by atoms with Gasteiger partial charge in [0, 0.05) is 18.0 Å². The van der Waals surface area contributed by atoms with Crippen LogP contribution in [-0.4, -0.2) is 15.5 Å². The van der Waals surface area contributed by atoms with E-state index in [9.17, 15) is 9.18 Å². The molecule has 3 aromatic rings. The fourth-order valence-electron chi connectivity index (χ4n) is 3.39. The van der Waals surface area contributed by atoms with Crippen molar-refractivity contribution in [3.05, 3.63) is 90.3 Å². The van der Waals surface area contributed by atoms with Crippen molar-refractivity contribution in [3.8, 4) is 5.69 Å². The van der Waals surface area contributed by atoms with E-state index in [2.05, 4.69) is 22.9 Å². The summed E-state index contributed by atoms with van der Waals surface area (Å²) in [5.74, 6) is -0.706. The lowest BCUT2D eigenvalue weighted by atomic mass is 10.0. The van der Waals surface area contributed by atoms with Gasteiger partial charge in [-0.15, -0.1) is 0 Å². The number of imidazole rings is 1. The van der Waals surface area contributed by atoms with Gasteiger partial charge in [0.1, 0.15) is 5.82 Å². The SMILES string of the molecule is C=C(C(=O)NC1CCc2ccccc21)c1ccc(-n2ccnc2)c(F)c1. The van der Waals surface area contributed by atoms with Crippen molar-refractivity contribution in [1.82, 2.24) is 14.9 Å². The van der Waals surface area contributed by atoms with Gasteiger partial charge in [0.2, 0.25) is 0 Å². The molecule has 26 heavy (non-hydrogen) atoms. The van der Waals surface area contributed by atoms with E-state index in [-0.39, 0.29) is 17.5 Å². The molecule has 1 amide bonds. The number of aryl methyl sites for hydroxylation is 1. The number of carbonyl (C=O) groups is 1. The van der Waals surface area contributed by atoms with E-state index >= 15 is 0 Å². The fraction of sp³-hybridized carbons (Fsp3) is 0.143. The van der Waals surface area contributed by atoms with Gasteiger partial charge in [0.15, 0.2) is 0 Å². The van der Waals surface area contributed by atoms with Crippen LogP contribution < -0.4 is 5.32 Å². The Hall–Kier alpha value is -3.21. The molecular formula is C21H18FN3O. The third-order valence-corrected chi connectivity index (χ3v) is 4.79. The van der Waals surface area contributed by atoms with Crippen molar-refractivity contribution in [2.24, 2.45) is 0 Å². The first kappa shape index (κ1) is 16.3. The molecule has 1 aromatic heterocycles. The molecule has 0 bridgehead atoms. The molecule has 0 aliphatic heterocycles. The van der Waals surface area contributed by atoms with Crippen LogP contribution in [0.15, 0.2) is 67.8 Å². The van der Waals surface area contributed by atoms with E-state index in [1.165, 1.54) is 18.0 Å². The predicted molar refractivity (Wildman–Crippen MR) is 98.2 cm³/mol. The summed E-state index contributed by atoms with van der Waals surface area (Å²) in [5.41, 5.74) is 3.51. The van der Waals surface area contributed by atoms with Gasteiger partial charge in [-0.3, -0.25) is 4.79 Å². The zero-order valence-electron chi connectivity index (χ0n) is 14.2. The van der Waals surface area contributed by atoms with Crippen molar-refractivity contribution < 1.29 is 9.18 Å². The molecule has 5 heteroatoms. The minimum atomic E-state index is -0.430. The van der Waals surface area contributed by atoms with E-state index in [4.69, 9.17) is 0 Å². The average Bonchev–Trinajstić information content (AvgIpc) is 3.31.